The Labute approximate surface area is 124 Å². The fourth-order valence-corrected chi connectivity index (χ4v) is 5.09. The molecule has 0 bridgehead atoms. The topological polar surface area (TPSA) is 37.4 Å². The smallest absolute Gasteiger partial charge is 0.207 e. The van der Waals surface area contributed by atoms with E-state index in [1.165, 1.54) is 0 Å². The molecule has 1 aromatic carbocycles. The molecule has 0 aliphatic carbocycles. The van der Waals surface area contributed by atoms with E-state index in [-0.39, 0.29) is 0 Å². The first kappa shape index (κ1) is 15.0. The van der Waals surface area contributed by atoms with Crippen molar-refractivity contribution in [3.63, 3.8) is 0 Å². The highest BCUT2D eigenvalue weighted by molar-refractivity contribution is 9.10. The van der Waals surface area contributed by atoms with Gasteiger partial charge in [0, 0.05) is 17.6 Å². The minimum absolute atomic E-state index is 0.400. The molecule has 0 spiro atoms. The number of hydrogen-bond donors (Lipinski definition) is 0. The number of aryl methyl sites for hydroxylation is 2. The summed E-state index contributed by atoms with van der Waals surface area (Å²) >= 11 is 3.40. The van der Waals surface area contributed by atoms with Crippen LogP contribution in [0.3, 0.4) is 0 Å². The molecule has 1 aromatic rings. The summed E-state index contributed by atoms with van der Waals surface area (Å²) in [6.45, 7) is 5.22. The SMILES string of the molecule is Cc1cc(Br)c(S(=O)(=O)N2CCCCCC2)cc1C. The molecule has 1 aliphatic heterocycles. The molecule has 2 rings (SSSR count). The Morgan fingerprint density at radius 2 is 1.53 bits per heavy atom. The molecule has 0 atom stereocenters. The molecule has 3 nitrogen and oxygen atoms in total. The summed E-state index contributed by atoms with van der Waals surface area (Å²) < 4.78 is 27.7. The van der Waals surface area contributed by atoms with Crippen LogP contribution in [-0.4, -0.2) is 25.8 Å². The van der Waals surface area contributed by atoms with Gasteiger partial charge in [0.15, 0.2) is 0 Å². The number of benzene rings is 1. The third-order valence-electron chi connectivity index (χ3n) is 3.73. The first-order valence-corrected chi connectivity index (χ1v) is 8.93. The second-order valence-electron chi connectivity index (χ2n) is 5.19. The maximum absolute atomic E-state index is 12.7. The second kappa shape index (κ2) is 5.94. The molecular weight excluding hydrogens is 326 g/mol. The van der Waals surface area contributed by atoms with Crippen molar-refractivity contribution in [2.24, 2.45) is 0 Å². The highest BCUT2D eigenvalue weighted by Crippen LogP contribution is 2.29. The van der Waals surface area contributed by atoms with Crippen LogP contribution in [0.25, 0.3) is 0 Å². The number of hydrogen-bond acceptors (Lipinski definition) is 2. The van der Waals surface area contributed by atoms with Crippen LogP contribution < -0.4 is 0 Å². The molecule has 0 radical (unpaired) electrons. The summed E-state index contributed by atoms with van der Waals surface area (Å²) in [6.07, 6.45) is 4.17. The lowest BCUT2D eigenvalue weighted by Crippen LogP contribution is -2.32. The van der Waals surface area contributed by atoms with E-state index in [2.05, 4.69) is 15.9 Å². The first-order valence-electron chi connectivity index (χ1n) is 6.70. The average Bonchev–Trinajstić information content (AvgIpc) is 2.62. The highest BCUT2D eigenvalue weighted by Gasteiger charge is 2.27. The van der Waals surface area contributed by atoms with Crippen LogP contribution in [0.1, 0.15) is 36.8 Å². The maximum atomic E-state index is 12.7. The minimum atomic E-state index is -3.37. The van der Waals surface area contributed by atoms with Crippen molar-refractivity contribution in [2.75, 3.05) is 13.1 Å². The lowest BCUT2D eigenvalue weighted by atomic mass is 10.1. The van der Waals surface area contributed by atoms with E-state index in [0.29, 0.717) is 22.5 Å². The molecule has 0 aromatic heterocycles. The van der Waals surface area contributed by atoms with Gasteiger partial charge in [0.2, 0.25) is 10.0 Å². The summed E-state index contributed by atoms with van der Waals surface area (Å²) in [6, 6.07) is 3.67. The average molecular weight is 346 g/mol. The molecule has 0 saturated carbocycles. The lowest BCUT2D eigenvalue weighted by molar-refractivity contribution is 0.423. The van der Waals surface area contributed by atoms with Gasteiger partial charge in [-0.05, 0) is 65.9 Å². The zero-order valence-electron chi connectivity index (χ0n) is 11.4. The predicted molar refractivity (Wildman–Crippen MR) is 80.8 cm³/mol. The van der Waals surface area contributed by atoms with E-state index in [9.17, 15) is 8.42 Å². The Hall–Kier alpha value is -0.390. The molecule has 1 fully saturated rings. The fourth-order valence-electron chi connectivity index (χ4n) is 2.37. The molecule has 1 saturated heterocycles. The van der Waals surface area contributed by atoms with Crippen molar-refractivity contribution in [3.05, 3.63) is 27.7 Å². The van der Waals surface area contributed by atoms with E-state index < -0.39 is 10.0 Å². The van der Waals surface area contributed by atoms with Gasteiger partial charge in [0.25, 0.3) is 0 Å². The van der Waals surface area contributed by atoms with Gasteiger partial charge in [-0.2, -0.15) is 4.31 Å². The van der Waals surface area contributed by atoms with Gasteiger partial charge >= 0.3 is 0 Å². The number of halogens is 1. The molecular formula is C14H20BrNO2S. The van der Waals surface area contributed by atoms with Crippen molar-refractivity contribution >= 4 is 26.0 Å². The van der Waals surface area contributed by atoms with E-state index in [4.69, 9.17) is 0 Å². The summed E-state index contributed by atoms with van der Waals surface area (Å²) in [5, 5.41) is 0. The normalized spacial score (nSPS) is 18.3. The number of rotatable bonds is 2. The zero-order chi connectivity index (χ0) is 14.0. The molecule has 0 amide bonds. The third-order valence-corrected chi connectivity index (χ3v) is 6.59. The van der Waals surface area contributed by atoms with Crippen LogP contribution in [0, 0.1) is 13.8 Å². The molecule has 1 heterocycles. The largest absolute Gasteiger partial charge is 0.244 e. The predicted octanol–water partition coefficient (Wildman–Crippen LogP) is 3.63. The van der Waals surface area contributed by atoms with Gasteiger partial charge in [-0.3, -0.25) is 0 Å². The Bertz CT molecular complexity index is 561. The van der Waals surface area contributed by atoms with Crippen LogP contribution in [-0.2, 0) is 10.0 Å². The second-order valence-corrected chi connectivity index (χ2v) is 7.95. The monoisotopic (exact) mass is 345 g/mol. The van der Waals surface area contributed by atoms with Crippen molar-refractivity contribution in [1.29, 1.82) is 0 Å². The van der Waals surface area contributed by atoms with Crippen LogP contribution in [0.15, 0.2) is 21.5 Å². The molecule has 106 valence electrons. The molecule has 0 N–H and O–H groups in total. The summed E-state index contributed by atoms with van der Waals surface area (Å²) in [4.78, 5) is 0.400. The van der Waals surface area contributed by atoms with E-state index >= 15 is 0 Å². The lowest BCUT2D eigenvalue weighted by Gasteiger charge is -2.21. The maximum Gasteiger partial charge on any atom is 0.244 e. The molecule has 1 aliphatic rings. The standard InChI is InChI=1S/C14H20BrNO2S/c1-11-9-13(15)14(10-12(11)2)19(17,18)16-7-5-3-4-6-8-16/h9-10H,3-8H2,1-2H3. The molecule has 5 heteroatoms. The summed E-state index contributed by atoms with van der Waals surface area (Å²) in [5.74, 6) is 0. The quantitative estimate of drug-likeness (QED) is 0.820. The van der Waals surface area contributed by atoms with Gasteiger partial charge in [0.05, 0.1) is 4.90 Å². The Morgan fingerprint density at radius 3 is 2.11 bits per heavy atom. The van der Waals surface area contributed by atoms with Gasteiger partial charge in [-0.1, -0.05) is 12.8 Å². The van der Waals surface area contributed by atoms with E-state index in [1.807, 2.05) is 19.9 Å². The zero-order valence-corrected chi connectivity index (χ0v) is 13.8. The number of sulfonamides is 1. The van der Waals surface area contributed by atoms with Crippen LogP contribution >= 0.6 is 15.9 Å². The van der Waals surface area contributed by atoms with Crippen molar-refractivity contribution < 1.29 is 8.42 Å². The van der Waals surface area contributed by atoms with E-state index in [1.54, 1.807) is 10.4 Å². The molecule has 0 unspecified atom stereocenters. The van der Waals surface area contributed by atoms with Gasteiger partial charge < -0.3 is 0 Å². The Balaban J connectivity index is 2.41. The van der Waals surface area contributed by atoms with Crippen molar-refractivity contribution in [1.82, 2.24) is 4.31 Å². The van der Waals surface area contributed by atoms with Gasteiger partial charge in [-0.25, -0.2) is 8.42 Å². The van der Waals surface area contributed by atoms with Gasteiger partial charge in [-0.15, -0.1) is 0 Å². The van der Waals surface area contributed by atoms with Crippen LogP contribution in [0.4, 0.5) is 0 Å². The number of nitrogens with zero attached hydrogens (tertiary/aromatic N) is 1. The third kappa shape index (κ3) is 3.20. The van der Waals surface area contributed by atoms with Crippen LogP contribution in [0.5, 0.6) is 0 Å². The molecule has 19 heavy (non-hydrogen) atoms. The summed E-state index contributed by atoms with van der Waals surface area (Å²) in [7, 11) is -3.37. The van der Waals surface area contributed by atoms with Crippen molar-refractivity contribution in [3.8, 4) is 0 Å². The fraction of sp³-hybridized carbons (Fsp3) is 0.571. The Kier molecular flexibility index (Phi) is 4.69. The Morgan fingerprint density at radius 1 is 1.00 bits per heavy atom. The van der Waals surface area contributed by atoms with E-state index in [0.717, 1.165) is 36.8 Å². The highest BCUT2D eigenvalue weighted by atomic mass is 79.9. The van der Waals surface area contributed by atoms with Crippen molar-refractivity contribution in [2.45, 2.75) is 44.4 Å². The summed E-state index contributed by atoms with van der Waals surface area (Å²) in [5.41, 5.74) is 2.11. The first-order chi connectivity index (χ1) is 8.93. The van der Waals surface area contributed by atoms with Gasteiger partial charge in [0.1, 0.15) is 0 Å². The minimum Gasteiger partial charge on any atom is -0.207 e. The van der Waals surface area contributed by atoms with Crippen LogP contribution in [0.2, 0.25) is 0 Å².